The highest BCUT2D eigenvalue weighted by atomic mass is 35.5. The summed E-state index contributed by atoms with van der Waals surface area (Å²) in [6.07, 6.45) is -4.05. The Morgan fingerprint density at radius 1 is 1.13 bits per heavy atom. The van der Waals surface area contributed by atoms with Crippen LogP contribution in [0.1, 0.15) is 45.0 Å². The third kappa shape index (κ3) is 5.03. The summed E-state index contributed by atoms with van der Waals surface area (Å²) >= 11 is 11.5. The SMILES string of the molecule is Cc1cc(C)n(CCNC(=O)c2cc3c(cn2)CN(C2=NOC(c4cc(Cl)c(F)c(Cl)c4)(C(F)(F)F)C2)C3)n1. The van der Waals surface area contributed by atoms with E-state index in [9.17, 15) is 22.4 Å². The lowest BCUT2D eigenvalue weighted by Gasteiger charge is -2.30. The van der Waals surface area contributed by atoms with Gasteiger partial charge in [0.25, 0.3) is 11.5 Å². The molecule has 1 amide bonds. The molecule has 1 atom stereocenters. The summed E-state index contributed by atoms with van der Waals surface area (Å²) in [5.41, 5.74) is 0.197. The van der Waals surface area contributed by atoms with Crippen LogP contribution in [0.2, 0.25) is 10.0 Å². The Morgan fingerprint density at radius 3 is 2.46 bits per heavy atom. The first-order valence-corrected chi connectivity index (χ1v) is 12.6. The van der Waals surface area contributed by atoms with Crippen molar-refractivity contribution < 1.29 is 27.2 Å². The highest BCUT2D eigenvalue weighted by Gasteiger charge is 2.63. The molecule has 0 saturated carbocycles. The van der Waals surface area contributed by atoms with Crippen LogP contribution in [0.15, 0.2) is 35.6 Å². The lowest BCUT2D eigenvalue weighted by Crippen LogP contribution is -2.44. The van der Waals surface area contributed by atoms with Gasteiger partial charge in [-0.05, 0) is 49.2 Å². The molecule has 4 heterocycles. The van der Waals surface area contributed by atoms with Crippen molar-refractivity contribution in [3.05, 3.63) is 80.1 Å². The molecule has 0 radical (unpaired) electrons. The minimum Gasteiger partial charge on any atom is -0.372 e. The molecule has 0 spiro atoms. The van der Waals surface area contributed by atoms with Crippen molar-refractivity contribution in [3.8, 4) is 0 Å². The summed E-state index contributed by atoms with van der Waals surface area (Å²) in [5, 5.41) is 9.80. The number of aromatic nitrogens is 3. The van der Waals surface area contributed by atoms with Crippen molar-refractivity contribution in [2.24, 2.45) is 5.16 Å². The van der Waals surface area contributed by atoms with Crippen LogP contribution >= 0.6 is 23.2 Å². The van der Waals surface area contributed by atoms with Crippen molar-refractivity contribution in [1.29, 1.82) is 0 Å². The number of oxime groups is 1. The number of benzene rings is 1. The largest absolute Gasteiger partial charge is 0.435 e. The third-order valence-corrected chi connectivity index (χ3v) is 7.29. The Hall–Kier alpha value is -3.38. The van der Waals surface area contributed by atoms with Crippen molar-refractivity contribution in [1.82, 2.24) is 25.0 Å². The summed E-state index contributed by atoms with van der Waals surface area (Å²) in [5.74, 6) is -1.36. The first kappa shape index (κ1) is 27.2. The van der Waals surface area contributed by atoms with Crippen LogP contribution in [-0.4, -0.2) is 44.1 Å². The Bertz CT molecular complexity index is 1470. The average Bonchev–Trinajstić information content (AvgIpc) is 3.58. The highest BCUT2D eigenvalue weighted by molar-refractivity contribution is 6.35. The molecule has 8 nitrogen and oxygen atoms in total. The van der Waals surface area contributed by atoms with Crippen LogP contribution in [0.3, 0.4) is 0 Å². The summed E-state index contributed by atoms with van der Waals surface area (Å²) in [4.78, 5) is 23.5. The quantitative estimate of drug-likeness (QED) is 0.326. The van der Waals surface area contributed by atoms with E-state index in [1.807, 2.05) is 19.9 Å². The van der Waals surface area contributed by atoms with E-state index in [0.29, 0.717) is 13.1 Å². The van der Waals surface area contributed by atoms with Gasteiger partial charge in [-0.15, -0.1) is 0 Å². The number of carbonyl (C=O) groups excluding carboxylic acids is 1. The summed E-state index contributed by atoms with van der Waals surface area (Å²) < 4.78 is 58.6. The van der Waals surface area contributed by atoms with Crippen molar-refractivity contribution >= 4 is 34.9 Å². The highest BCUT2D eigenvalue weighted by Crippen LogP contribution is 2.50. The summed E-state index contributed by atoms with van der Waals surface area (Å²) in [7, 11) is 0. The van der Waals surface area contributed by atoms with E-state index in [1.54, 1.807) is 15.6 Å². The number of pyridine rings is 1. The van der Waals surface area contributed by atoms with Gasteiger partial charge in [-0.25, -0.2) is 4.39 Å². The molecule has 39 heavy (non-hydrogen) atoms. The minimum atomic E-state index is -4.91. The molecule has 2 aliphatic rings. The summed E-state index contributed by atoms with van der Waals surface area (Å²) in [6, 6.07) is 5.24. The molecule has 5 rings (SSSR count). The number of aryl methyl sites for hydroxylation is 2. The lowest BCUT2D eigenvalue weighted by molar-refractivity contribution is -0.275. The fraction of sp³-hybridized carbons (Fsp3) is 0.360. The zero-order valence-electron chi connectivity index (χ0n) is 20.7. The standard InChI is InChI=1S/C25H22Cl2F4N6O2/c1-13-5-14(2)37(34-13)4-3-32-23(38)20-6-15-11-36(12-16(15)10-33-20)21-9-24(39-35-21,25(29,30)31)17-7-18(26)22(28)19(27)8-17/h5-8,10H,3-4,9,11-12H2,1-2H3,(H,32,38). The minimum absolute atomic E-state index is 0.0379. The van der Waals surface area contributed by atoms with Gasteiger partial charge in [-0.2, -0.15) is 18.3 Å². The van der Waals surface area contributed by atoms with Crippen LogP contribution in [-0.2, 0) is 30.1 Å². The summed E-state index contributed by atoms with van der Waals surface area (Å²) in [6.45, 7) is 5.08. The van der Waals surface area contributed by atoms with E-state index in [0.717, 1.165) is 34.6 Å². The van der Waals surface area contributed by atoms with Gasteiger partial charge >= 0.3 is 6.18 Å². The Balaban J connectivity index is 1.27. The van der Waals surface area contributed by atoms with Crippen molar-refractivity contribution in [3.63, 3.8) is 0 Å². The first-order valence-electron chi connectivity index (χ1n) is 11.9. The van der Waals surface area contributed by atoms with Gasteiger partial charge in [0.1, 0.15) is 11.5 Å². The van der Waals surface area contributed by atoms with Gasteiger partial charge in [-0.3, -0.25) is 14.5 Å². The van der Waals surface area contributed by atoms with E-state index in [2.05, 4.69) is 20.6 Å². The Kier molecular flexibility index (Phi) is 6.96. The molecule has 1 N–H and O–H groups in total. The van der Waals surface area contributed by atoms with E-state index in [4.69, 9.17) is 28.0 Å². The lowest BCUT2D eigenvalue weighted by atomic mass is 9.89. The first-order chi connectivity index (χ1) is 18.4. The number of fused-ring (bicyclic) bond motifs is 1. The number of rotatable bonds is 5. The molecule has 0 bridgehead atoms. The second-order valence-electron chi connectivity index (χ2n) is 9.45. The predicted octanol–water partition coefficient (Wildman–Crippen LogP) is 5.28. The molecule has 0 fully saturated rings. The molecule has 3 aromatic rings. The van der Waals surface area contributed by atoms with Crippen LogP contribution in [0.4, 0.5) is 17.6 Å². The van der Waals surface area contributed by atoms with Crippen LogP contribution < -0.4 is 5.32 Å². The fourth-order valence-corrected chi connectivity index (χ4v) is 5.19. The van der Waals surface area contributed by atoms with E-state index in [1.165, 1.54) is 6.20 Å². The van der Waals surface area contributed by atoms with Gasteiger partial charge in [-0.1, -0.05) is 28.4 Å². The number of amidine groups is 1. The van der Waals surface area contributed by atoms with Gasteiger partial charge in [0, 0.05) is 37.1 Å². The topological polar surface area (TPSA) is 84.6 Å². The van der Waals surface area contributed by atoms with E-state index in [-0.39, 0.29) is 30.5 Å². The zero-order valence-corrected chi connectivity index (χ0v) is 22.3. The molecule has 0 saturated heterocycles. The van der Waals surface area contributed by atoms with Crippen LogP contribution in [0.5, 0.6) is 0 Å². The number of alkyl halides is 3. The molecule has 2 aliphatic heterocycles. The van der Waals surface area contributed by atoms with Gasteiger partial charge < -0.3 is 15.1 Å². The molecule has 1 aromatic carbocycles. The van der Waals surface area contributed by atoms with Gasteiger partial charge in [0.05, 0.1) is 28.7 Å². The molecule has 1 unspecified atom stereocenters. The van der Waals surface area contributed by atoms with Crippen LogP contribution in [0.25, 0.3) is 0 Å². The van der Waals surface area contributed by atoms with E-state index >= 15 is 0 Å². The number of amides is 1. The molecule has 2 aromatic heterocycles. The third-order valence-electron chi connectivity index (χ3n) is 6.74. The van der Waals surface area contributed by atoms with Gasteiger partial charge in [0.15, 0.2) is 5.82 Å². The number of halogens is 6. The molecule has 0 aliphatic carbocycles. The number of hydrogen-bond donors (Lipinski definition) is 1. The second kappa shape index (κ2) is 9.98. The monoisotopic (exact) mass is 584 g/mol. The Morgan fingerprint density at radius 2 is 1.82 bits per heavy atom. The maximum absolute atomic E-state index is 14.3. The smallest absolute Gasteiger partial charge is 0.372 e. The fourth-order valence-electron chi connectivity index (χ4n) is 4.70. The second-order valence-corrected chi connectivity index (χ2v) is 10.3. The van der Waals surface area contributed by atoms with Crippen LogP contribution in [0, 0.1) is 19.7 Å². The molecule has 206 valence electrons. The maximum Gasteiger partial charge on any atom is 0.435 e. The number of nitrogens with zero attached hydrogens (tertiary/aromatic N) is 5. The molecular formula is C25H22Cl2F4N6O2. The predicted molar refractivity (Wildman–Crippen MR) is 135 cm³/mol. The number of carbonyl (C=O) groups is 1. The van der Waals surface area contributed by atoms with E-state index < -0.39 is 39.6 Å². The van der Waals surface area contributed by atoms with Crippen molar-refractivity contribution in [2.45, 2.75) is 51.7 Å². The molecule has 14 heteroatoms. The van der Waals surface area contributed by atoms with Crippen molar-refractivity contribution in [2.75, 3.05) is 6.54 Å². The van der Waals surface area contributed by atoms with Gasteiger partial charge in [0.2, 0.25) is 0 Å². The molecular weight excluding hydrogens is 563 g/mol. The zero-order chi connectivity index (χ0) is 28.1. The number of nitrogens with one attached hydrogen (secondary N) is 1. The average molecular weight is 585 g/mol. The Labute approximate surface area is 230 Å². The maximum atomic E-state index is 14.3. The normalized spacial score (nSPS) is 18.7. The number of hydrogen-bond acceptors (Lipinski definition) is 6.